The zero-order valence-corrected chi connectivity index (χ0v) is 13.1. The predicted molar refractivity (Wildman–Crippen MR) is 84.9 cm³/mol. The van der Waals surface area contributed by atoms with Crippen molar-refractivity contribution in [3.8, 4) is 5.75 Å². The second kappa shape index (κ2) is 7.68. The maximum Gasteiger partial charge on any atom is 0.416 e. The van der Waals surface area contributed by atoms with Crippen LogP contribution in [0, 0.1) is 10.1 Å². The Labute approximate surface area is 145 Å². The smallest absolute Gasteiger partial charge is 0.416 e. The summed E-state index contributed by atoms with van der Waals surface area (Å²) in [4.78, 5) is 21.8. The minimum atomic E-state index is -4.44. The Morgan fingerprint density at radius 1 is 1.15 bits per heavy atom. The summed E-state index contributed by atoms with van der Waals surface area (Å²) in [7, 11) is 0. The molecule has 0 saturated heterocycles. The van der Waals surface area contributed by atoms with Gasteiger partial charge in [0.25, 0.3) is 5.69 Å². The van der Waals surface area contributed by atoms with Crippen LogP contribution in [0.2, 0.25) is 0 Å². The zero-order chi connectivity index (χ0) is 19.3. The molecule has 0 aromatic heterocycles. The molecule has 26 heavy (non-hydrogen) atoms. The van der Waals surface area contributed by atoms with Crippen molar-refractivity contribution in [2.45, 2.75) is 12.7 Å². The van der Waals surface area contributed by atoms with Gasteiger partial charge in [-0.2, -0.15) is 13.2 Å². The number of carbonyl (C=O) groups is 1. The van der Waals surface area contributed by atoms with Gasteiger partial charge in [0.15, 0.2) is 0 Å². The lowest BCUT2D eigenvalue weighted by molar-refractivity contribution is -0.385. The predicted octanol–water partition coefficient (Wildman–Crippen LogP) is 3.02. The van der Waals surface area contributed by atoms with Crippen molar-refractivity contribution in [2.24, 2.45) is 0 Å². The average molecular weight is 365 g/mol. The van der Waals surface area contributed by atoms with Crippen LogP contribution in [0.15, 0.2) is 48.5 Å². The molecule has 2 aromatic rings. The number of non-ortho nitro benzene ring substituents is 1. The first kappa shape index (κ1) is 19.0. The molecule has 1 amide bonds. The maximum absolute atomic E-state index is 12.5. The quantitative estimate of drug-likeness (QED) is 0.500. The molecule has 0 atom stereocenters. The Morgan fingerprint density at radius 2 is 1.81 bits per heavy atom. The van der Waals surface area contributed by atoms with Gasteiger partial charge in [0.2, 0.25) is 5.91 Å². The van der Waals surface area contributed by atoms with Gasteiger partial charge in [-0.1, -0.05) is 18.2 Å². The molecule has 0 bridgehead atoms. The summed E-state index contributed by atoms with van der Waals surface area (Å²) in [5, 5.41) is 24.7. The number of alkyl halides is 3. The lowest BCUT2D eigenvalue weighted by Gasteiger charge is -2.12. The fraction of sp³-hybridized carbons (Fsp3) is 0.118. The molecule has 0 fully saturated rings. The third kappa shape index (κ3) is 5.07. The Kier molecular flexibility index (Phi) is 5.61. The molecule has 0 heterocycles. The van der Waals surface area contributed by atoms with Crippen LogP contribution >= 0.6 is 0 Å². The number of benzene rings is 2. The number of nitrogens with one attached hydrogen (secondary N) is 1. The van der Waals surface area contributed by atoms with E-state index in [1.807, 2.05) is 0 Å². The Bertz CT molecular complexity index is 846. The van der Waals surface area contributed by atoms with Crippen molar-refractivity contribution in [3.05, 3.63) is 75.3 Å². The summed E-state index contributed by atoms with van der Waals surface area (Å²) in [6.45, 7) is -0.212. The van der Waals surface area contributed by atoms with E-state index in [1.165, 1.54) is 18.2 Å². The van der Waals surface area contributed by atoms with Gasteiger partial charge in [-0.05, 0) is 29.3 Å². The topological polar surface area (TPSA) is 95.3 Å². The minimum Gasteiger partial charge on any atom is -0.872 e. The highest BCUT2D eigenvalue weighted by Crippen LogP contribution is 2.29. The van der Waals surface area contributed by atoms with Gasteiger partial charge in [0, 0.05) is 24.8 Å². The van der Waals surface area contributed by atoms with E-state index < -0.39 is 28.3 Å². The van der Waals surface area contributed by atoms with Crippen LogP contribution in [0.25, 0.3) is 6.08 Å². The molecule has 2 aromatic carbocycles. The lowest BCUT2D eigenvalue weighted by atomic mass is 10.1. The first-order valence-corrected chi connectivity index (χ1v) is 7.24. The number of nitro groups is 1. The van der Waals surface area contributed by atoms with E-state index >= 15 is 0 Å². The van der Waals surface area contributed by atoms with Gasteiger partial charge < -0.3 is 10.4 Å². The number of rotatable bonds is 5. The molecule has 0 radical (unpaired) electrons. The summed E-state index contributed by atoms with van der Waals surface area (Å²) >= 11 is 0. The molecular weight excluding hydrogens is 353 g/mol. The van der Waals surface area contributed by atoms with E-state index in [2.05, 4.69) is 5.32 Å². The standard InChI is InChI=1S/C17H13F3N2O4/c18-17(19,20)13-4-1-11(2-5-13)3-8-16(24)21-10-12-9-14(22(25)26)6-7-15(12)23/h1-9,23H,10H2,(H,21,24)/p-1/b8-3+. The van der Waals surface area contributed by atoms with Crippen molar-refractivity contribution in [1.82, 2.24) is 5.32 Å². The van der Waals surface area contributed by atoms with Crippen LogP contribution in [0.3, 0.4) is 0 Å². The number of carbonyl (C=O) groups excluding carboxylic acids is 1. The monoisotopic (exact) mass is 365 g/mol. The van der Waals surface area contributed by atoms with Crippen molar-refractivity contribution in [1.29, 1.82) is 0 Å². The van der Waals surface area contributed by atoms with Crippen LogP contribution < -0.4 is 10.4 Å². The highest BCUT2D eigenvalue weighted by atomic mass is 19.4. The van der Waals surface area contributed by atoms with E-state index in [4.69, 9.17) is 0 Å². The van der Waals surface area contributed by atoms with Crippen molar-refractivity contribution >= 4 is 17.7 Å². The van der Waals surface area contributed by atoms with Gasteiger partial charge in [-0.3, -0.25) is 14.9 Å². The van der Waals surface area contributed by atoms with E-state index in [9.17, 15) is 33.2 Å². The fourth-order valence-electron chi connectivity index (χ4n) is 2.01. The first-order chi connectivity index (χ1) is 12.2. The van der Waals surface area contributed by atoms with E-state index in [0.717, 1.165) is 36.4 Å². The zero-order valence-electron chi connectivity index (χ0n) is 13.1. The average Bonchev–Trinajstić information content (AvgIpc) is 2.58. The van der Waals surface area contributed by atoms with Gasteiger partial charge in [-0.15, -0.1) is 5.75 Å². The van der Waals surface area contributed by atoms with Crippen molar-refractivity contribution in [3.63, 3.8) is 0 Å². The lowest BCUT2D eigenvalue weighted by Crippen LogP contribution is -2.21. The van der Waals surface area contributed by atoms with E-state index in [0.29, 0.717) is 5.56 Å². The number of hydrogen-bond acceptors (Lipinski definition) is 4. The molecule has 0 saturated carbocycles. The molecule has 0 aliphatic heterocycles. The second-order valence-electron chi connectivity index (χ2n) is 5.22. The number of hydrogen-bond donors (Lipinski definition) is 1. The molecule has 9 heteroatoms. The molecule has 2 rings (SSSR count). The van der Waals surface area contributed by atoms with Crippen LogP contribution in [-0.4, -0.2) is 10.8 Å². The minimum absolute atomic E-state index is 0.0514. The number of amides is 1. The normalized spacial score (nSPS) is 11.5. The van der Waals surface area contributed by atoms with E-state index in [-0.39, 0.29) is 17.8 Å². The maximum atomic E-state index is 12.5. The molecule has 6 nitrogen and oxygen atoms in total. The van der Waals surface area contributed by atoms with Gasteiger partial charge >= 0.3 is 6.18 Å². The molecule has 0 spiro atoms. The fourth-order valence-corrected chi connectivity index (χ4v) is 2.01. The number of nitrogens with zero attached hydrogens (tertiary/aromatic N) is 1. The Hall–Kier alpha value is -3.36. The third-order valence-corrected chi connectivity index (χ3v) is 3.37. The van der Waals surface area contributed by atoms with Crippen LogP contribution in [0.1, 0.15) is 16.7 Å². The Morgan fingerprint density at radius 3 is 2.38 bits per heavy atom. The molecule has 0 aliphatic rings. The summed E-state index contributed by atoms with van der Waals surface area (Å²) in [5.41, 5.74) is -0.634. The molecule has 1 N–H and O–H groups in total. The third-order valence-electron chi connectivity index (χ3n) is 3.37. The van der Waals surface area contributed by atoms with Crippen molar-refractivity contribution in [2.75, 3.05) is 0 Å². The summed E-state index contributed by atoms with van der Waals surface area (Å²) in [6.07, 6.45) is -2.04. The van der Waals surface area contributed by atoms with Crippen LogP contribution in [-0.2, 0) is 17.5 Å². The highest BCUT2D eigenvalue weighted by molar-refractivity contribution is 5.91. The van der Waals surface area contributed by atoms with Gasteiger partial charge in [0.1, 0.15) is 0 Å². The number of nitro benzene ring substituents is 1. The SMILES string of the molecule is O=C(/C=C/c1ccc(C(F)(F)F)cc1)NCc1cc([N+](=O)[O-])ccc1[O-]. The molecule has 136 valence electrons. The summed E-state index contributed by atoms with van der Waals surface area (Å²) in [6, 6.07) is 7.39. The Balaban J connectivity index is 1.98. The van der Waals surface area contributed by atoms with Crippen LogP contribution in [0.5, 0.6) is 5.75 Å². The van der Waals surface area contributed by atoms with E-state index in [1.54, 1.807) is 0 Å². The molecule has 0 aliphatic carbocycles. The highest BCUT2D eigenvalue weighted by Gasteiger charge is 2.29. The summed E-state index contributed by atoms with van der Waals surface area (Å²) < 4.78 is 37.4. The molecular formula is C17H12F3N2O4-. The van der Waals surface area contributed by atoms with Gasteiger partial charge in [0.05, 0.1) is 10.5 Å². The van der Waals surface area contributed by atoms with Crippen molar-refractivity contribution < 1.29 is 28.0 Å². The number of halogens is 3. The second-order valence-corrected chi connectivity index (χ2v) is 5.22. The summed E-state index contributed by atoms with van der Waals surface area (Å²) in [5.74, 6) is -1.06. The van der Waals surface area contributed by atoms with Gasteiger partial charge in [-0.25, -0.2) is 0 Å². The molecule has 0 unspecified atom stereocenters. The van der Waals surface area contributed by atoms with Crippen LogP contribution in [0.4, 0.5) is 18.9 Å². The first-order valence-electron chi connectivity index (χ1n) is 7.24. The largest absolute Gasteiger partial charge is 0.872 e.